The number of piperazine rings is 1. The molecule has 0 amide bonds. The van der Waals surface area contributed by atoms with Gasteiger partial charge in [-0.2, -0.15) is 0 Å². The maximum absolute atomic E-state index is 8.13. The van der Waals surface area contributed by atoms with Gasteiger partial charge < -0.3 is 21.8 Å². The van der Waals surface area contributed by atoms with E-state index < -0.39 is 0 Å². The van der Waals surface area contributed by atoms with Gasteiger partial charge in [0.15, 0.2) is 0 Å². The Labute approximate surface area is 143 Å². The number of rotatable bonds is 5. The van der Waals surface area contributed by atoms with E-state index in [1.165, 1.54) is 32.3 Å². The van der Waals surface area contributed by atoms with Crippen molar-refractivity contribution in [2.75, 3.05) is 37.2 Å². The van der Waals surface area contributed by atoms with E-state index in [4.69, 9.17) is 11.1 Å². The van der Waals surface area contributed by atoms with Crippen LogP contribution in [0.2, 0.25) is 0 Å². The molecular formula is C17H29N7. The van der Waals surface area contributed by atoms with Gasteiger partial charge in [-0.05, 0) is 32.1 Å². The van der Waals surface area contributed by atoms with Gasteiger partial charge in [-0.3, -0.25) is 4.90 Å². The molecule has 1 aromatic rings. The highest BCUT2D eigenvalue weighted by Gasteiger charge is 2.27. The zero-order valence-electron chi connectivity index (χ0n) is 14.5. The SMILES string of the molecule is CCC(=N)c1c(N)ncnc1NC1CCC(N2CCNCC2)CC1. The van der Waals surface area contributed by atoms with Crippen molar-refractivity contribution >= 4 is 17.3 Å². The summed E-state index contributed by atoms with van der Waals surface area (Å²) in [5.74, 6) is 1.12. The minimum absolute atomic E-state index is 0.397. The molecule has 1 aromatic heterocycles. The van der Waals surface area contributed by atoms with Crippen molar-refractivity contribution in [1.29, 1.82) is 5.41 Å². The van der Waals surface area contributed by atoms with Gasteiger partial charge in [0.05, 0.1) is 5.56 Å². The molecule has 7 heteroatoms. The van der Waals surface area contributed by atoms with Crippen molar-refractivity contribution in [3.05, 3.63) is 11.9 Å². The number of hydrogen-bond donors (Lipinski definition) is 4. The summed E-state index contributed by atoms with van der Waals surface area (Å²) in [5, 5.41) is 15.1. The Morgan fingerprint density at radius 2 is 2.00 bits per heavy atom. The molecule has 2 heterocycles. The first-order valence-corrected chi connectivity index (χ1v) is 9.08. The second kappa shape index (κ2) is 7.90. The molecule has 0 unspecified atom stereocenters. The summed E-state index contributed by atoms with van der Waals surface area (Å²) in [4.78, 5) is 11.0. The lowest BCUT2D eigenvalue weighted by atomic mass is 9.89. The number of aromatic nitrogens is 2. The van der Waals surface area contributed by atoms with Crippen LogP contribution >= 0.6 is 0 Å². The summed E-state index contributed by atoms with van der Waals surface area (Å²) < 4.78 is 0. The lowest BCUT2D eigenvalue weighted by Crippen LogP contribution is -2.50. The quantitative estimate of drug-likeness (QED) is 0.609. The zero-order chi connectivity index (χ0) is 16.9. The largest absolute Gasteiger partial charge is 0.383 e. The van der Waals surface area contributed by atoms with Crippen molar-refractivity contribution in [3.8, 4) is 0 Å². The molecule has 2 aliphatic rings. The normalized spacial score (nSPS) is 25.4. The molecule has 132 valence electrons. The van der Waals surface area contributed by atoms with Crippen LogP contribution in [0.15, 0.2) is 6.33 Å². The van der Waals surface area contributed by atoms with Crippen molar-refractivity contribution < 1.29 is 0 Å². The van der Waals surface area contributed by atoms with Crippen molar-refractivity contribution in [3.63, 3.8) is 0 Å². The highest BCUT2D eigenvalue weighted by Crippen LogP contribution is 2.27. The molecule has 1 saturated carbocycles. The molecule has 0 spiro atoms. The van der Waals surface area contributed by atoms with Gasteiger partial charge >= 0.3 is 0 Å². The summed E-state index contributed by atoms with van der Waals surface area (Å²) in [6.07, 6.45) is 6.82. The molecule has 0 radical (unpaired) electrons. The number of anilines is 2. The monoisotopic (exact) mass is 331 g/mol. The molecule has 5 N–H and O–H groups in total. The molecule has 0 atom stereocenters. The van der Waals surface area contributed by atoms with E-state index in [1.807, 2.05) is 6.92 Å². The van der Waals surface area contributed by atoms with E-state index in [1.54, 1.807) is 0 Å². The summed E-state index contributed by atoms with van der Waals surface area (Å²) in [7, 11) is 0. The maximum atomic E-state index is 8.13. The third-order valence-electron chi connectivity index (χ3n) is 5.24. The fraction of sp³-hybridized carbons (Fsp3) is 0.706. The molecule has 1 aliphatic carbocycles. The second-order valence-electron chi connectivity index (χ2n) is 6.75. The Morgan fingerprint density at radius 3 is 2.67 bits per heavy atom. The van der Waals surface area contributed by atoms with Gasteiger partial charge in [0.1, 0.15) is 18.0 Å². The molecule has 0 aromatic carbocycles. The van der Waals surface area contributed by atoms with E-state index in [2.05, 4.69) is 25.5 Å². The average molecular weight is 331 g/mol. The Morgan fingerprint density at radius 1 is 1.29 bits per heavy atom. The number of nitrogen functional groups attached to an aromatic ring is 1. The van der Waals surface area contributed by atoms with Gasteiger partial charge in [0.2, 0.25) is 0 Å². The summed E-state index contributed by atoms with van der Waals surface area (Å²) in [5.41, 5.74) is 7.14. The zero-order valence-corrected chi connectivity index (χ0v) is 14.5. The first-order valence-electron chi connectivity index (χ1n) is 9.08. The van der Waals surface area contributed by atoms with Crippen LogP contribution in [-0.4, -0.2) is 58.8 Å². The number of nitrogens with zero attached hydrogens (tertiary/aromatic N) is 3. The Kier molecular flexibility index (Phi) is 5.63. The molecule has 1 aliphatic heterocycles. The minimum atomic E-state index is 0.397. The lowest BCUT2D eigenvalue weighted by Gasteiger charge is -2.39. The second-order valence-corrected chi connectivity index (χ2v) is 6.75. The van der Waals surface area contributed by atoms with Gasteiger partial charge in [-0.15, -0.1) is 0 Å². The fourth-order valence-corrected chi connectivity index (χ4v) is 3.81. The molecule has 0 bridgehead atoms. The van der Waals surface area contributed by atoms with Crippen LogP contribution in [0.5, 0.6) is 0 Å². The van der Waals surface area contributed by atoms with E-state index in [-0.39, 0.29) is 0 Å². The third-order valence-corrected chi connectivity index (χ3v) is 5.24. The summed E-state index contributed by atoms with van der Waals surface area (Å²) in [6, 6.07) is 1.12. The van der Waals surface area contributed by atoms with E-state index in [0.717, 1.165) is 31.7 Å². The lowest BCUT2D eigenvalue weighted by molar-refractivity contribution is 0.135. The average Bonchev–Trinajstić information content (AvgIpc) is 2.63. The summed E-state index contributed by atoms with van der Waals surface area (Å²) >= 11 is 0. The maximum Gasteiger partial charge on any atom is 0.140 e. The predicted molar refractivity (Wildman–Crippen MR) is 97.7 cm³/mol. The minimum Gasteiger partial charge on any atom is -0.383 e. The van der Waals surface area contributed by atoms with Crippen LogP contribution in [0.25, 0.3) is 0 Å². The number of nitrogens with one attached hydrogen (secondary N) is 3. The van der Waals surface area contributed by atoms with Crippen LogP contribution in [-0.2, 0) is 0 Å². The summed E-state index contributed by atoms with van der Waals surface area (Å²) in [6.45, 7) is 6.52. The van der Waals surface area contributed by atoms with Crippen molar-refractivity contribution in [2.45, 2.75) is 51.1 Å². The number of hydrogen-bond acceptors (Lipinski definition) is 7. The molecule has 7 nitrogen and oxygen atoms in total. The van der Waals surface area contributed by atoms with Gasteiger partial charge in [0, 0.05) is 44.0 Å². The standard InChI is InChI=1S/C17H29N7/c1-2-14(18)15-16(19)21-11-22-17(15)23-12-3-5-13(6-4-12)24-9-7-20-8-10-24/h11-13,18,20H,2-10H2,1H3,(H3,19,21,22,23). The van der Waals surface area contributed by atoms with Gasteiger partial charge in [-0.25, -0.2) is 9.97 Å². The highest BCUT2D eigenvalue weighted by atomic mass is 15.2. The Bertz CT molecular complexity index is 560. The fourth-order valence-electron chi connectivity index (χ4n) is 3.81. The van der Waals surface area contributed by atoms with E-state index in [9.17, 15) is 0 Å². The molecule has 24 heavy (non-hydrogen) atoms. The molecule has 1 saturated heterocycles. The van der Waals surface area contributed by atoms with Gasteiger partial charge in [-0.1, -0.05) is 6.92 Å². The Balaban J connectivity index is 1.60. The van der Waals surface area contributed by atoms with Gasteiger partial charge in [0.25, 0.3) is 0 Å². The first kappa shape index (κ1) is 17.1. The van der Waals surface area contributed by atoms with Crippen LogP contribution in [0, 0.1) is 5.41 Å². The topological polar surface area (TPSA) is 103 Å². The van der Waals surface area contributed by atoms with Crippen LogP contribution in [0.3, 0.4) is 0 Å². The molecular weight excluding hydrogens is 302 g/mol. The molecule has 2 fully saturated rings. The van der Waals surface area contributed by atoms with Crippen LogP contribution < -0.4 is 16.4 Å². The first-order chi connectivity index (χ1) is 11.7. The third kappa shape index (κ3) is 3.84. The predicted octanol–water partition coefficient (Wildman–Crippen LogP) is 1.46. The van der Waals surface area contributed by atoms with Crippen LogP contribution in [0.4, 0.5) is 11.6 Å². The van der Waals surface area contributed by atoms with Crippen molar-refractivity contribution in [1.82, 2.24) is 20.2 Å². The Hall–Kier alpha value is -1.73. The van der Waals surface area contributed by atoms with Crippen LogP contribution in [0.1, 0.15) is 44.6 Å². The smallest absolute Gasteiger partial charge is 0.140 e. The molecule has 3 rings (SSSR count). The van der Waals surface area contributed by atoms with E-state index in [0.29, 0.717) is 35.6 Å². The van der Waals surface area contributed by atoms with E-state index >= 15 is 0 Å². The highest BCUT2D eigenvalue weighted by molar-refractivity contribution is 6.05. The van der Waals surface area contributed by atoms with Crippen molar-refractivity contribution in [2.24, 2.45) is 0 Å². The number of nitrogens with two attached hydrogens (primary N) is 1.